The minimum absolute atomic E-state index is 0.199. The van der Waals surface area contributed by atoms with Crippen LogP contribution in [0.3, 0.4) is 0 Å². The zero-order chi connectivity index (χ0) is 14.4. The lowest BCUT2D eigenvalue weighted by molar-refractivity contribution is -0.131. The molecule has 6 heteroatoms. The Morgan fingerprint density at radius 2 is 2.33 bits per heavy atom. The van der Waals surface area contributed by atoms with Crippen LogP contribution in [0.25, 0.3) is 0 Å². The predicted octanol–water partition coefficient (Wildman–Crippen LogP) is 1.13. The van der Waals surface area contributed by atoms with Crippen LogP contribution >= 0.6 is 11.3 Å². The van der Waals surface area contributed by atoms with Crippen LogP contribution < -0.4 is 0 Å². The van der Waals surface area contributed by atoms with E-state index in [1.165, 1.54) is 0 Å². The number of carbonyl (C=O) groups is 1. The van der Waals surface area contributed by atoms with Crippen LogP contribution in [-0.2, 0) is 16.1 Å². The van der Waals surface area contributed by atoms with E-state index in [9.17, 15) is 4.79 Å². The van der Waals surface area contributed by atoms with Crippen molar-refractivity contribution in [3.8, 4) is 0 Å². The summed E-state index contributed by atoms with van der Waals surface area (Å²) in [5.41, 5.74) is 1.03. The Kier molecular flexibility index (Phi) is 3.47. The average Bonchev–Trinajstić information content (AvgIpc) is 3.18. The van der Waals surface area contributed by atoms with Crippen molar-refractivity contribution in [1.29, 1.82) is 0 Å². The molecular weight excluding hydrogens is 286 g/mol. The minimum Gasteiger partial charge on any atom is -0.380 e. The van der Waals surface area contributed by atoms with Gasteiger partial charge >= 0.3 is 0 Å². The maximum Gasteiger partial charge on any atom is 0.227 e. The number of hydrogen-bond donors (Lipinski definition) is 0. The molecule has 0 N–H and O–H groups in total. The van der Waals surface area contributed by atoms with E-state index in [1.807, 2.05) is 11.8 Å². The highest BCUT2D eigenvalue weighted by Gasteiger charge is 2.47. The molecule has 5 nitrogen and oxygen atoms in total. The van der Waals surface area contributed by atoms with Crippen LogP contribution in [-0.4, -0.2) is 59.6 Å². The highest BCUT2D eigenvalue weighted by molar-refractivity contribution is 7.09. The van der Waals surface area contributed by atoms with Crippen molar-refractivity contribution < 1.29 is 9.53 Å². The van der Waals surface area contributed by atoms with E-state index in [-0.39, 0.29) is 5.92 Å². The minimum atomic E-state index is 0.199. The summed E-state index contributed by atoms with van der Waals surface area (Å²) in [6.07, 6.45) is 1.12. The van der Waals surface area contributed by atoms with Crippen molar-refractivity contribution in [3.05, 3.63) is 16.1 Å². The highest BCUT2D eigenvalue weighted by atomic mass is 32.1. The van der Waals surface area contributed by atoms with Gasteiger partial charge < -0.3 is 9.64 Å². The number of likely N-dealkylation sites (tertiary alicyclic amines) is 2. The fourth-order valence-electron chi connectivity index (χ4n) is 3.90. The number of ether oxygens (including phenoxy) is 1. The number of carbonyl (C=O) groups excluding carboxylic acids is 1. The molecule has 3 fully saturated rings. The predicted molar refractivity (Wildman–Crippen MR) is 80.0 cm³/mol. The third-order valence-corrected chi connectivity index (χ3v) is 5.82. The van der Waals surface area contributed by atoms with Crippen molar-refractivity contribution >= 4 is 17.2 Å². The Balaban J connectivity index is 1.39. The lowest BCUT2D eigenvalue weighted by Crippen LogP contribution is -2.38. The van der Waals surface area contributed by atoms with Gasteiger partial charge in [-0.3, -0.25) is 9.69 Å². The van der Waals surface area contributed by atoms with Gasteiger partial charge in [0.15, 0.2) is 0 Å². The summed E-state index contributed by atoms with van der Waals surface area (Å²) in [6, 6.07) is 0.540. The van der Waals surface area contributed by atoms with Crippen molar-refractivity contribution in [2.24, 2.45) is 11.8 Å². The van der Waals surface area contributed by atoms with E-state index in [4.69, 9.17) is 4.74 Å². The first kappa shape index (κ1) is 13.7. The van der Waals surface area contributed by atoms with E-state index in [0.717, 1.165) is 50.0 Å². The van der Waals surface area contributed by atoms with E-state index in [1.54, 1.807) is 11.3 Å². The van der Waals surface area contributed by atoms with Crippen molar-refractivity contribution in [2.75, 3.05) is 32.8 Å². The van der Waals surface area contributed by atoms with Gasteiger partial charge in [-0.15, -0.1) is 11.3 Å². The summed E-state index contributed by atoms with van der Waals surface area (Å²) < 4.78 is 5.48. The molecule has 114 valence electrons. The standard InChI is InChI=1S/C15H21N3O2S/c1-10-16-12(9-21-10)6-18-5-11-4-17(7-14(11)15(18)19)13-2-3-20-8-13/h9,11,13-14H,2-8H2,1H3/t11-,13?,14-/m0/s1. The first-order valence-electron chi connectivity index (χ1n) is 7.72. The molecule has 0 aliphatic carbocycles. The summed E-state index contributed by atoms with van der Waals surface area (Å²) in [6.45, 7) is 7.28. The second-order valence-electron chi connectivity index (χ2n) is 6.41. The number of thiazole rings is 1. The molecule has 0 aromatic carbocycles. The molecule has 3 saturated heterocycles. The topological polar surface area (TPSA) is 45.7 Å². The number of aromatic nitrogens is 1. The smallest absolute Gasteiger partial charge is 0.227 e. The SMILES string of the molecule is Cc1nc(CN2C[C@@H]3CN(C4CCOC4)C[C@@H]3C2=O)cs1. The molecule has 1 amide bonds. The summed E-state index contributed by atoms with van der Waals surface area (Å²) in [5.74, 6) is 1.02. The van der Waals surface area contributed by atoms with Gasteiger partial charge in [0.2, 0.25) is 5.91 Å². The molecule has 4 heterocycles. The monoisotopic (exact) mass is 307 g/mol. The molecular formula is C15H21N3O2S. The quantitative estimate of drug-likeness (QED) is 0.840. The molecule has 0 saturated carbocycles. The van der Waals surface area contributed by atoms with E-state index in [2.05, 4.69) is 15.3 Å². The van der Waals surface area contributed by atoms with E-state index in [0.29, 0.717) is 24.4 Å². The number of rotatable bonds is 3. The fourth-order valence-corrected chi connectivity index (χ4v) is 4.51. The van der Waals surface area contributed by atoms with Gasteiger partial charge in [0.25, 0.3) is 0 Å². The maximum absolute atomic E-state index is 12.6. The van der Waals surface area contributed by atoms with Gasteiger partial charge in [-0.1, -0.05) is 0 Å². The molecule has 3 atom stereocenters. The summed E-state index contributed by atoms with van der Waals surface area (Å²) in [7, 11) is 0. The zero-order valence-corrected chi connectivity index (χ0v) is 13.1. The van der Waals surface area contributed by atoms with Crippen LogP contribution in [0.2, 0.25) is 0 Å². The average molecular weight is 307 g/mol. The molecule has 1 aromatic rings. The lowest BCUT2D eigenvalue weighted by atomic mass is 10.0. The lowest BCUT2D eigenvalue weighted by Gasteiger charge is -2.25. The second kappa shape index (κ2) is 5.34. The molecule has 4 rings (SSSR count). The van der Waals surface area contributed by atoms with Gasteiger partial charge in [-0.2, -0.15) is 0 Å². The number of amides is 1. The molecule has 0 spiro atoms. The van der Waals surface area contributed by atoms with Gasteiger partial charge in [0.05, 0.1) is 29.8 Å². The Morgan fingerprint density at radius 1 is 1.43 bits per heavy atom. The number of aryl methyl sites for hydroxylation is 1. The number of hydrogen-bond acceptors (Lipinski definition) is 5. The normalized spacial score (nSPS) is 33.1. The number of fused-ring (bicyclic) bond motifs is 1. The van der Waals surface area contributed by atoms with Gasteiger partial charge in [-0.05, 0) is 13.3 Å². The largest absolute Gasteiger partial charge is 0.380 e. The Morgan fingerprint density at radius 3 is 3.00 bits per heavy atom. The number of nitrogens with zero attached hydrogens (tertiary/aromatic N) is 3. The summed E-state index contributed by atoms with van der Waals surface area (Å²) in [5, 5.41) is 3.14. The van der Waals surface area contributed by atoms with E-state index >= 15 is 0 Å². The van der Waals surface area contributed by atoms with Gasteiger partial charge in [0, 0.05) is 43.6 Å². The Labute approximate surface area is 128 Å². The first-order chi connectivity index (χ1) is 10.2. The van der Waals surface area contributed by atoms with Crippen LogP contribution in [0, 0.1) is 18.8 Å². The molecule has 1 unspecified atom stereocenters. The van der Waals surface area contributed by atoms with Crippen LogP contribution in [0.4, 0.5) is 0 Å². The van der Waals surface area contributed by atoms with Crippen LogP contribution in [0.5, 0.6) is 0 Å². The molecule has 21 heavy (non-hydrogen) atoms. The maximum atomic E-state index is 12.6. The first-order valence-corrected chi connectivity index (χ1v) is 8.60. The Bertz CT molecular complexity index is 541. The van der Waals surface area contributed by atoms with Crippen LogP contribution in [0.1, 0.15) is 17.1 Å². The van der Waals surface area contributed by atoms with Crippen molar-refractivity contribution in [2.45, 2.75) is 25.9 Å². The van der Waals surface area contributed by atoms with Gasteiger partial charge in [0.1, 0.15) is 0 Å². The van der Waals surface area contributed by atoms with Gasteiger partial charge in [-0.25, -0.2) is 4.98 Å². The zero-order valence-electron chi connectivity index (χ0n) is 12.3. The third-order valence-electron chi connectivity index (χ3n) is 4.99. The second-order valence-corrected chi connectivity index (χ2v) is 7.48. The molecule has 1 aromatic heterocycles. The van der Waals surface area contributed by atoms with Crippen LogP contribution in [0.15, 0.2) is 5.38 Å². The van der Waals surface area contributed by atoms with Crippen molar-refractivity contribution in [1.82, 2.24) is 14.8 Å². The Hall–Kier alpha value is -0.980. The fraction of sp³-hybridized carbons (Fsp3) is 0.733. The summed E-state index contributed by atoms with van der Waals surface area (Å²) >= 11 is 1.66. The highest BCUT2D eigenvalue weighted by Crippen LogP contribution is 2.35. The van der Waals surface area contributed by atoms with Crippen molar-refractivity contribution in [3.63, 3.8) is 0 Å². The van der Waals surface area contributed by atoms with E-state index < -0.39 is 0 Å². The third kappa shape index (κ3) is 2.49. The molecule has 3 aliphatic heterocycles. The molecule has 0 bridgehead atoms. The molecule has 0 radical (unpaired) electrons. The summed E-state index contributed by atoms with van der Waals surface area (Å²) in [4.78, 5) is 21.6. The molecule has 3 aliphatic rings.